The van der Waals surface area contributed by atoms with Gasteiger partial charge >= 0.3 is 6.03 Å². The summed E-state index contributed by atoms with van der Waals surface area (Å²) in [5.74, 6) is 1.08. The number of nitrogens with one attached hydrogen (secondary N) is 2. The highest BCUT2D eigenvalue weighted by Crippen LogP contribution is 2.27. The van der Waals surface area contributed by atoms with Gasteiger partial charge in [-0.25, -0.2) is 4.79 Å². The molecule has 0 saturated carbocycles. The van der Waals surface area contributed by atoms with Crippen molar-refractivity contribution in [1.82, 2.24) is 5.32 Å². The summed E-state index contributed by atoms with van der Waals surface area (Å²) >= 11 is 11.9. The molecular formula is C18H20Cl2N2O2. The highest BCUT2D eigenvalue weighted by atomic mass is 35.5. The van der Waals surface area contributed by atoms with Crippen molar-refractivity contribution in [2.45, 2.75) is 32.9 Å². The number of para-hydroxylation sites is 1. The van der Waals surface area contributed by atoms with Crippen molar-refractivity contribution in [3.8, 4) is 5.75 Å². The molecule has 0 heterocycles. The lowest BCUT2D eigenvalue weighted by atomic mass is 10.0. The Balaban J connectivity index is 1.98. The number of hydrogen-bond acceptors (Lipinski definition) is 2. The van der Waals surface area contributed by atoms with Gasteiger partial charge in [-0.2, -0.15) is 0 Å². The fourth-order valence-corrected chi connectivity index (χ4v) is 2.56. The Morgan fingerprint density at radius 1 is 1.08 bits per heavy atom. The molecule has 0 aliphatic heterocycles. The molecule has 0 aliphatic carbocycles. The predicted molar refractivity (Wildman–Crippen MR) is 99.2 cm³/mol. The van der Waals surface area contributed by atoms with Crippen LogP contribution < -0.4 is 15.4 Å². The van der Waals surface area contributed by atoms with Gasteiger partial charge in [0.25, 0.3) is 0 Å². The molecule has 1 unspecified atom stereocenters. The van der Waals surface area contributed by atoms with Gasteiger partial charge in [0, 0.05) is 5.02 Å². The van der Waals surface area contributed by atoms with Crippen LogP contribution >= 0.6 is 23.2 Å². The first-order chi connectivity index (χ1) is 11.4. The molecule has 0 aromatic heterocycles. The molecule has 0 saturated heterocycles. The van der Waals surface area contributed by atoms with E-state index in [4.69, 9.17) is 27.9 Å². The molecule has 6 heteroatoms. The number of rotatable bonds is 5. The van der Waals surface area contributed by atoms with Crippen molar-refractivity contribution in [2.24, 2.45) is 0 Å². The zero-order chi connectivity index (χ0) is 17.7. The van der Waals surface area contributed by atoms with Gasteiger partial charge in [0.2, 0.25) is 0 Å². The third-order valence-electron chi connectivity index (χ3n) is 3.36. The summed E-state index contributed by atoms with van der Waals surface area (Å²) in [6.45, 7) is 5.94. The predicted octanol–water partition coefficient (Wildman–Crippen LogP) is 5.66. The number of carbonyl (C=O) groups excluding carboxylic acids is 1. The molecule has 0 fully saturated rings. The van der Waals surface area contributed by atoms with Crippen molar-refractivity contribution in [3.05, 3.63) is 58.1 Å². The second kappa shape index (κ2) is 8.27. The summed E-state index contributed by atoms with van der Waals surface area (Å²) in [5, 5.41) is 6.28. The molecule has 24 heavy (non-hydrogen) atoms. The average Bonchev–Trinajstić information content (AvgIpc) is 2.51. The van der Waals surface area contributed by atoms with Gasteiger partial charge in [-0.05, 0) is 42.7 Å². The minimum absolute atomic E-state index is 0.326. The number of urea groups is 1. The molecule has 2 N–H and O–H groups in total. The number of carbonyl (C=O) groups is 1. The number of benzene rings is 2. The van der Waals surface area contributed by atoms with Crippen molar-refractivity contribution >= 4 is 34.9 Å². The topological polar surface area (TPSA) is 50.4 Å². The summed E-state index contributed by atoms with van der Waals surface area (Å²) in [6, 6.07) is 12.2. The van der Waals surface area contributed by atoms with E-state index in [2.05, 4.69) is 24.5 Å². The molecule has 4 nitrogen and oxygen atoms in total. The van der Waals surface area contributed by atoms with E-state index in [-0.39, 0.29) is 0 Å². The third-order valence-corrected chi connectivity index (χ3v) is 3.92. The van der Waals surface area contributed by atoms with Gasteiger partial charge in [0.15, 0.2) is 6.23 Å². The Bertz CT molecular complexity index is 720. The Morgan fingerprint density at radius 3 is 2.50 bits per heavy atom. The summed E-state index contributed by atoms with van der Waals surface area (Å²) in [5.41, 5.74) is 1.53. The first kappa shape index (κ1) is 18.4. The summed E-state index contributed by atoms with van der Waals surface area (Å²) in [7, 11) is 0. The van der Waals surface area contributed by atoms with Crippen LogP contribution in [0.15, 0.2) is 42.5 Å². The minimum atomic E-state index is -0.511. The van der Waals surface area contributed by atoms with E-state index in [0.29, 0.717) is 21.7 Å². The van der Waals surface area contributed by atoms with E-state index in [0.717, 1.165) is 11.3 Å². The smallest absolute Gasteiger partial charge is 0.322 e. The van der Waals surface area contributed by atoms with Crippen molar-refractivity contribution < 1.29 is 9.53 Å². The molecule has 1 atom stereocenters. The average molecular weight is 367 g/mol. The number of anilines is 1. The maximum Gasteiger partial charge on any atom is 0.322 e. The second-order valence-corrected chi connectivity index (χ2v) is 6.52. The largest absolute Gasteiger partial charge is 0.471 e. The van der Waals surface area contributed by atoms with Crippen LogP contribution in [-0.4, -0.2) is 12.3 Å². The van der Waals surface area contributed by atoms with E-state index in [1.807, 2.05) is 24.3 Å². The summed E-state index contributed by atoms with van der Waals surface area (Å²) in [4.78, 5) is 12.1. The zero-order valence-electron chi connectivity index (χ0n) is 13.8. The van der Waals surface area contributed by atoms with Gasteiger partial charge in [-0.15, -0.1) is 0 Å². The highest BCUT2D eigenvalue weighted by Gasteiger charge is 2.13. The standard InChI is InChI=1S/C18H20Cl2N2O2/c1-11(2)14-6-4-5-7-17(14)24-12(3)21-18(23)22-16-10-13(19)8-9-15(16)20/h4-12H,1-3H3,(H2,21,22,23). The van der Waals surface area contributed by atoms with Gasteiger partial charge in [0.1, 0.15) is 5.75 Å². The molecule has 0 spiro atoms. The summed E-state index contributed by atoms with van der Waals surface area (Å²) < 4.78 is 5.84. The number of hydrogen-bond donors (Lipinski definition) is 2. The van der Waals surface area contributed by atoms with Crippen LogP contribution in [0, 0.1) is 0 Å². The van der Waals surface area contributed by atoms with Crippen LogP contribution in [0.4, 0.5) is 10.5 Å². The number of amides is 2. The highest BCUT2D eigenvalue weighted by molar-refractivity contribution is 6.35. The van der Waals surface area contributed by atoms with Gasteiger partial charge in [-0.1, -0.05) is 55.2 Å². The van der Waals surface area contributed by atoms with Crippen LogP contribution in [-0.2, 0) is 0 Å². The molecular weight excluding hydrogens is 347 g/mol. The minimum Gasteiger partial charge on any atom is -0.471 e. The molecule has 2 rings (SSSR count). The molecule has 2 amide bonds. The molecule has 128 valence electrons. The van der Waals surface area contributed by atoms with Crippen LogP contribution in [0.5, 0.6) is 5.75 Å². The Morgan fingerprint density at radius 2 is 1.79 bits per heavy atom. The zero-order valence-corrected chi connectivity index (χ0v) is 15.3. The Labute approximate surface area is 152 Å². The van der Waals surface area contributed by atoms with Gasteiger partial charge in [0.05, 0.1) is 10.7 Å². The molecule has 2 aromatic rings. The fourth-order valence-electron chi connectivity index (χ4n) is 2.22. The van der Waals surface area contributed by atoms with Crippen molar-refractivity contribution in [2.75, 3.05) is 5.32 Å². The van der Waals surface area contributed by atoms with Crippen LogP contribution in [0.2, 0.25) is 10.0 Å². The van der Waals surface area contributed by atoms with Crippen molar-refractivity contribution in [1.29, 1.82) is 0 Å². The van der Waals surface area contributed by atoms with Gasteiger partial charge < -0.3 is 15.4 Å². The van der Waals surface area contributed by atoms with Crippen LogP contribution in [0.1, 0.15) is 32.3 Å². The first-order valence-corrected chi connectivity index (χ1v) is 8.40. The van der Waals surface area contributed by atoms with E-state index >= 15 is 0 Å². The fraction of sp³-hybridized carbons (Fsp3) is 0.278. The Hall–Kier alpha value is -1.91. The van der Waals surface area contributed by atoms with E-state index in [9.17, 15) is 4.79 Å². The number of ether oxygens (including phenoxy) is 1. The van der Waals surface area contributed by atoms with E-state index in [1.54, 1.807) is 25.1 Å². The normalized spacial score (nSPS) is 11.9. The molecule has 2 aromatic carbocycles. The van der Waals surface area contributed by atoms with E-state index < -0.39 is 12.3 Å². The lowest BCUT2D eigenvalue weighted by Crippen LogP contribution is -2.39. The van der Waals surface area contributed by atoms with Crippen molar-refractivity contribution in [3.63, 3.8) is 0 Å². The SMILES string of the molecule is CC(NC(=O)Nc1cc(Cl)ccc1Cl)Oc1ccccc1C(C)C. The maximum absolute atomic E-state index is 12.1. The maximum atomic E-state index is 12.1. The number of halogens is 2. The van der Waals surface area contributed by atoms with Crippen LogP contribution in [0.25, 0.3) is 0 Å². The molecule has 0 radical (unpaired) electrons. The van der Waals surface area contributed by atoms with Gasteiger partial charge in [-0.3, -0.25) is 0 Å². The Kier molecular flexibility index (Phi) is 6.35. The molecule has 0 aliphatic rings. The van der Waals surface area contributed by atoms with Crippen LogP contribution in [0.3, 0.4) is 0 Å². The summed E-state index contributed by atoms with van der Waals surface area (Å²) in [6.07, 6.45) is -0.511. The monoisotopic (exact) mass is 366 g/mol. The lowest BCUT2D eigenvalue weighted by molar-refractivity contribution is 0.181. The third kappa shape index (κ3) is 5.05. The quantitative estimate of drug-likeness (QED) is 0.670. The van der Waals surface area contributed by atoms with E-state index in [1.165, 1.54) is 0 Å². The molecule has 0 bridgehead atoms. The lowest BCUT2D eigenvalue weighted by Gasteiger charge is -2.20. The first-order valence-electron chi connectivity index (χ1n) is 7.65. The second-order valence-electron chi connectivity index (χ2n) is 5.68.